The third-order valence-corrected chi connectivity index (χ3v) is 7.98. The Balaban J connectivity index is 1.43. The minimum absolute atomic E-state index is 0.00806. The first-order valence-corrected chi connectivity index (χ1v) is 13.9. The molecule has 2 aliphatic heterocycles. The molecule has 0 spiro atoms. The van der Waals surface area contributed by atoms with Crippen LogP contribution < -0.4 is 9.80 Å². The number of hydrogen-bond donors (Lipinski definition) is 1. The lowest BCUT2D eigenvalue weighted by Crippen LogP contribution is -2.52. The highest BCUT2D eigenvalue weighted by Crippen LogP contribution is 2.45. The topological polar surface area (TPSA) is 73.3 Å². The first-order valence-electron chi connectivity index (χ1n) is 13.9. The van der Waals surface area contributed by atoms with E-state index in [-0.39, 0.29) is 31.1 Å². The Hall–Kier alpha value is -3.16. The maximum atomic E-state index is 12.9. The number of amides is 2. The van der Waals surface area contributed by atoms with Gasteiger partial charge in [-0.3, -0.25) is 9.59 Å². The molecule has 1 saturated carbocycles. The van der Waals surface area contributed by atoms with Gasteiger partial charge in [0.2, 0.25) is 11.8 Å². The molecular weight excluding hydrogens is 478 g/mol. The number of carbonyl (C=O) groups is 2. The van der Waals surface area contributed by atoms with Gasteiger partial charge in [-0.2, -0.15) is 0 Å². The number of hydrogen-bond acceptors (Lipinski definition) is 5. The van der Waals surface area contributed by atoms with E-state index in [4.69, 9.17) is 4.74 Å². The molecule has 2 amide bonds. The van der Waals surface area contributed by atoms with E-state index in [0.29, 0.717) is 32.2 Å². The van der Waals surface area contributed by atoms with E-state index in [1.54, 1.807) is 6.92 Å². The van der Waals surface area contributed by atoms with E-state index in [0.717, 1.165) is 60.3 Å². The van der Waals surface area contributed by atoms with E-state index in [2.05, 4.69) is 35.2 Å². The van der Waals surface area contributed by atoms with Crippen molar-refractivity contribution in [2.75, 3.05) is 42.6 Å². The van der Waals surface area contributed by atoms with Crippen LogP contribution in [0.1, 0.15) is 56.2 Å². The molecule has 38 heavy (non-hydrogen) atoms. The van der Waals surface area contributed by atoms with E-state index in [9.17, 15) is 14.7 Å². The molecule has 0 unspecified atom stereocenters. The van der Waals surface area contributed by atoms with Crippen LogP contribution in [0.5, 0.6) is 0 Å². The maximum absolute atomic E-state index is 12.9. The van der Waals surface area contributed by atoms with E-state index >= 15 is 0 Å². The minimum atomic E-state index is 0.00806. The van der Waals surface area contributed by atoms with Gasteiger partial charge in [0, 0.05) is 39.7 Å². The van der Waals surface area contributed by atoms with Crippen LogP contribution in [0, 0.1) is 5.92 Å². The number of fused-ring (bicyclic) bond motifs is 1. The Morgan fingerprint density at radius 2 is 1.87 bits per heavy atom. The fraction of sp³-hybridized carbons (Fsp3) is 0.484. The highest BCUT2D eigenvalue weighted by atomic mass is 16.5. The fourth-order valence-corrected chi connectivity index (χ4v) is 5.78. The Kier molecular flexibility index (Phi) is 8.15. The van der Waals surface area contributed by atoms with E-state index < -0.39 is 0 Å². The summed E-state index contributed by atoms with van der Waals surface area (Å²) < 4.78 is 5.44. The Morgan fingerprint density at radius 3 is 2.53 bits per heavy atom. The molecule has 3 aliphatic rings. The van der Waals surface area contributed by atoms with Gasteiger partial charge >= 0.3 is 0 Å². The summed E-state index contributed by atoms with van der Waals surface area (Å²) in [5.74, 6) is 0.659. The number of rotatable bonds is 9. The average Bonchev–Trinajstić information content (AvgIpc) is 3.78. The maximum Gasteiger partial charge on any atom is 0.248 e. The van der Waals surface area contributed by atoms with Crippen molar-refractivity contribution in [1.29, 1.82) is 0 Å². The number of carbonyl (C=O) groups excluding carboxylic acids is 2. The van der Waals surface area contributed by atoms with Gasteiger partial charge in [0.05, 0.1) is 24.0 Å². The fourth-order valence-electron chi connectivity index (χ4n) is 5.78. The molecule has 5 rings (SSSR count). The Bertz CT molecular complexity index is 1210. The van der Waals surface area contributed by atoms with Crippen LogP contribution in [0.3, 0.4) is 0 Å². The molecular formula is C31H39N3O4. The lowest BCUT2D eigenvalue weighted by atomic mass is 9.95. The molecule has 0 radical (unpaired) electrons. The van der Waals surface area contributed by atoms with Crippen LogP contribution in [0.4, 0.5) is 11.4 Å². The highest BCUT2D eigenvalue weighted by Gasteiger charge is 2.42. The predicted octanol–water partition coefficient (Wildman–Crippen LogP) is 4.37. The van der Waals surface area contributed by atoms with Crippen molar-refractivity contribution in [2.24, 2.45) is 5.92 Å². The molecule has 2 aromatic rings. The zero-order chi connectivity index (χ0) is 26.6. The summed E-state index contributed by atoms with van der Waals surface area (Å²) in [6, 6.07) is 14.6. The molecule has 1 N–H and O–H groups in total. The summed E-state index contributed by atoms with van der Waals surface area (Å²) in [6.45, 7) is 7.17. The standard InChI is InChI=1S/C31H39N3O4/c1-3-16-38-21-31(37)32-14-12-23(13-15-32)25-10-11-28-29(17-25)33(18-26-6-4-5-7-27(26)20-35)19-30(24-8-9-24)34(28)22(2)36/h4-7,10-12,17,24,30,35H,3,8-9,13-16,18-21H2,1-2H3/t30-/m1/s1. The SMILES string of the molecule is CCCOCC(=O)N1CC=C(c2ccc3c(c2)N(Cc2ccccc2CO)C[C@H](C2CC2)N3C(C)=O)CC1. The summed E-state index contributed by atoms with van der Waals surface area (Å²) in [7, 11) is 0. The van der Waals surface area contributed by atoms with E-state index in [1.165, 1.54) is 5.57 Å². The van der Waals surface area contributed by atoms with Gasteiger partial charge in [-0.05, 0) is 66.0 Å². The van der Waals surface area contributed by atoms with Crippen LogP contribution in [-0.4, -0.2) is 60.7 Å². The molecule has 202 valence electrons. The highest BCUT2D eigenvalue weighted by molar-refractivity contribution is 5.98. The van der Waals surface area contributed by atoms with Crippen molar-refractivity contribution < 1.29 is 19.4 Å². The van der Waals surface area contributed by atoms with Gasteiger partial charge in [-0.25, -0.2) is 0 Å². The molecule has 0 aromatic heterocycles. The van der Waals surface area contributed by atoms with Crippen LogP contribution in [0.15, 0.2) is 48.5 Å². The molecule has 7 nitrogen and oxygen atoms in total. The van der Waals surface area contributed by atoms with Gasteiger partial charge in [-0.1, -0.05) is 43.3 Å². The van der Waals surface area contributed by atoms with Crippen molar-refractivity contribution in [3.8, 4) is 0 Å². The minimum Gasteiger partial charge on any atom is -0.392 e. The monoisotopic (exact) mass is 517 g/mol. The number of nitrogens with zero attached hydrogens (tertiary/aromatic N) is 3. The van der Waals surface area contributed by atoms with Crippen molar-refractivity contribution in [3.63, 3.8) is 0 Å². The first kappa shape index (κ1) is 26.4. The number of anilines is 2. The molecule has 2 heterocycles. The Labute approximate surface area is 225 Å². The zero-order valence-corrected chi connectivity index (χ0v) is 22.6. The second-order valence-corrected chi connectivity index (χ2v) is 10.7. The van der Waals surface area contributed by atoms with Crippen LogP contribution in [-0.2, 0) is 27.5 Å². The quantitative estimate of drug-likeness (QED) is 0.500. The van der Waals surface area contributed by atoms with Gasteiger partial charge < -0.3 is 24.5 Å². The summed E-state index contributed by atoms with van der Waals surface area (Å²) >= 11 is 0. The lowest BCUT2D eigenvalue weighted by Gasteiger charge is -2.44. The third-order valence-electron chi connectivity index (χ3n) is 7.98. The van der Waals surface area contributed by atoms with Crippen LogP contribution in [0.2, 0.25) is 0 Å². The van der Waals surface area contributed by atoms with Crippen molar-refractivity contribution in [1.82, 2.24) is 4.90 Å². The second kappa shape index (κ2) is 11.7. The van der Waals surface area contributed by atoms with Crippen molar-refractivity contribution in [2.45, 2.75) is 58.7 Å². The van der Waals surface area contributed by atoms with Crippen LogP contribution >= 0.6 is 0 Å². The second-order valence-electron chi connectivity index (χ2n) is 10.7. The molecule has 1 atom stereocenters. The van der Waals surface area contributed by atoms with E-state index in [1.807, 2.05) is 34.9 Å². The predicted molar refractivity (Wildman–Crippen MR) is 150 cm³/mol. The summed E-state index contributed by atoms with van der Waals surface area (Å²) in [5, 5.41) is 9.93. The van der Waals surface area contributed by atoms with Gasteiger partial charge in [0.25, 0.3) is 0 Å². The van der Waals surface area contributed by atoms with Crippen LogP contribution in [0.25, 0.3) is 5.57 Å². The average molecular weight is 518 g/mol. The molecule has 0 saturated heterocycles. The van der Waals surface area contributed by atoms with Crippen molar-refractivity contribution >= 4 is 28.8 Å². The number of aliphatic hydroxyl groups excluding tert-OH is 1. The molecule has 1 aliphatic carbocycles. The van der Waals surface area contributed by atoms with Gasteiger partial charge in [0.15, 0.2) is 0 Å². The largest absolute Gasteiger partial charge is 0.392 e. The molecule has 0 bridgehead atoms. The smallest absolute Gasteiger partial charge is 0.248 e. The molecule has 7 heteroatoms. The summed E-state index contributed by atoms with van der Waals surface area (Å²) in [4.78, 5) is 31.6. The molecule has 2 aromatic carbocycles. The lowest BCUT2D eigenvalue weighted by molar-refractivity contribution is -0.135. The summed E-state index contributed by atoms with van der Waals surface area (Å²) in [5.41, 5.74) is 6.41. The Morgan fingerprint density at radius 1 is 1.08 bits per heavy atom. The number of benzene rings is 2. The summed E-state index contributed by atoms with van der Waals surface area (Å²) in [6.07, 6.45) is 6.16. The zero-order valence-electron chi connectivity index (χ0n) is 22.6. The molecule has 1 fully saturated rings. The van der Waals surface area contributed by atoms with Crippen molar-refractivity contribution in [3.05, 3.63) is 65.2 Å². The number of aliphatic hydroxyl groups is 1. The van der Waals surface area contributed by atoms with Gasteiger partial charge in [0.1, 0.15) is 6.61 Å². The normalized spacial score (nSPS) is 19.3. The first-order chi connectivity index (χ1) is 18.5. The van der Waals surface area contributed by atoms with Gasteiger partial charge in [-0.15, -0.1) is 0 Å². The third kappa shape index (κ3) is 5.64. The number of ether oxygens (including phenoxy) is 1.